The van der Waals surface area contributed by atoms with Crippen LogP contribution in [0.3, 0.4) is 0 Å². The van der Waals surface area contributed by atoms with Crippen LogP contribution in [0.25, 0.3) is 0 Å². The van der Waals surface area contributed by atoms with Gasteiger partial charge in [0.25, 0.3) is 0 Å². The maximum atomic E-state index is 12.2. The number of sulfonamides is 1. The molecule has 0 radical (unpaired) electrons. The zero-order valence-electron chi connectivity index (χ0n) is 12.2. The lowest BCUT2D eigenvalue weighted by Gasteiger charge is -2.12. The smallest absolute Gasteiger partial charge is 0.504 e. The normalized spacial score (nSPS) is 12.2. The van der Waals surface area contributed by atoms with Crippen molar-refractivity contribution in [3.05, 3.63) is 46.4 Å². The van der Waals surface area contributed by atoms with Gasteiger partial charge in [-0.15, -0.1) is 13.2 Å². The summed E-state index contributed by atoms with van der Waals surface area (Å²) in [6, 6.07) is 6.57. The van der Waals surface area contributed by atoms with E-state index in [4.69, 9.17) is 0 Å². The van der Waals surface area contributed by atoms with Crippen molar-refractivity contribution in [3.63, 3.8) is 0 Å². The summed E-state index contributed by atoms with van der Waals surface area (Å²) >= 11 is 2.83. The highest BCUT2D eigenvalue weighted by Crippen LogP contribution is 2.32. The Bertz CT molecular complexity index is 887. The number of rotatable bonds is 5. The standard InChI is InChI=1S/C14H11BrF3NO5S/c15-10-6-9(2-4-13(10)24-14(16,17)18)25(22,23)19-7-8-1-3-11(20)12(21)5-8/h1-6,19-21H,7H2. The number of benzene rings is 2. The summed E-state index contributed by atoms with van der Waals surface area (Å²) in [5.74, 6) is -1.33. The summed E-state index contributed by atoms with van der Waals surface area (Å²) in [6.45, 7) is -0.200. The van der Waals surface area contributed by atoms with Crippen molar-refractivity contribution in [2.24, 2.45) is 0 Å². The average Bonchev–Trinajstić information content (AvgIpc) is 2.49. The van der Waals surface area contributed by atoms with Gasteiger partial charge < -0.3 is 14.9 Å². The van der Waals surface area contributed by atoms with E-state index in [0.29, 0.717) is 5.56 Å². The SMILES string of the molecule is O=S(=O)(NCc1ccc(O)c(O)c1)c1ccc(OC(F)(F)F)c(Br)c1. The highest BCUT2D eigenvalue weighted by Gasteiger charge is 2.32. The number of alkyl halides is 3. The predicted molar refractivity (Wildman–Crippen MR) is 84.6 cm³/mol. The summed E-state index contributed by atoms with van der Waals surface area (Å²) in [4.78, 5) is -0.281. The number of nitrogens with one attached hydrogen (secondary N) is 1. The molecule has 0 aromatic heterocycles. The Morgan fingerprint density at radius 3 is 2.32 bits per heavy atom. The van der Waals surface area contributed by atoms with Gasteiger partial charge in [0.15, 0.2) is 11.5 Å². The topological polar surface area (TPSA) is 95.9 Å². The van der Waals surface area contributed by atoms with Gasteiger partial charge >= 0.3 is 6.36 Å². The van der Waals surface area contributed by atoms with E-state index in [0.717, 1.165) is 18.2 Å². The van der Waals surface area contributed by atoms with Crippen LogP contribution in [0, 0.1) is 0 Å². The lowest BCUT2D eigenvalue weighted by atomic mass is 10.2. The second kappa shape index (κ2) is 7.10. The molecule has 0 aliphatic carbocycles. The molecule has 0 saturated heterocycles. The van der Waals surface area contributed by atoms with E-state index < -0.39 is 27.9 Å². The first-order valence-corrected chi connectivity index (χ1v) is 8.81. The van der Waals surface area contributed by atoms with Crippen LogP contribution in [0.1, 0.15) is 5.56 Å². The molecule has 0 bridgehead atoms. The fourth-order valence-corrected chi connectivity index (χ4v) is 3.45. The minimum atomic E-state index is -4.90. The molecule has 0 fully saturated rings. The molecular weight excluding hydrogens is 431 g/mol. The Labute approximate surface area is 149 Å². The molecule has 136 valence electrons. The van der Waals surface area contributed by atoms with Crippen molar-refractivity contribution in [1.82, 2.24) is 4.72 Å². The second-order valence-corrected chi connectivity index (χ2v) is 7.41. The van der Waals surface area contributed by atoms with Crippen molar-refractivity contribution >= 4 is 26.0 Å². The Hall–Kier alpha value is -1.98. The fraction of sp³-hybridized carbons (Fsp3) is 0.143. The van der Waals surface area contributed by atoms with Gasteiger partial charge in [-0.2, -0.15) is 0 Å². The number of phenols is 2. The predicted octanol–water partition coefficient (Wildman–Crippen LogP) is 3.24. The summed E-state index contributed by atoms with van der Waals surface area (Å²) in [6.07, 6.45) is -4.90. The number of halogens is 4. The van der Waals surface area contributed by atoms with E-state index in [2.05, 4.69) is 25.4 Å². The van der Waals surface area contributed by atoms with E-state index in [-0.39, 0.29) is 21.7 Å². The van der Waals surface area contributed by atoms with Crippen LogP contribution in [0.4, 0.5) is 13.2 Å². The minimum absolute atomic E-state index is 0.185. The van der Waals surface area contributed by atoms with Gasteiger partial charge in [0.1, 0.15) is 5.75 Å². The van der Waals surface area contributed by atoms with Gasteiger partial charge in [0.05, 0.1) is 9.37 Å². The van der Waals surface area contributed by atoms with Gasteiger partial charge in [-0.25, -0.2) is 13.1 Å². The quantitative estimate of drug-likeness (QED) is 0.619. The van der Waals surface area contributed by atoms with E-state index in [9.17, 15) is 31.8 Å². The van der Waals surface area contributed by atoms with Gasteiger partial charge in [-0.3, -0.25) is 0 Å². The van der Waals surface area contributed by atoms with Crippen LogP contribution < -0.4 is 9.46 Å². The number of hydrogen-bond acceptors (Lipinski definition) is 5. The van der Waals surface area contributed by atoms with Crippen molar-refractivity contribution in [1.29, 1.82) is 0 Å². The molecule has 11 heteroatoms. The van der Waals surface area contributed by atoms with Gasteiger partial charge in [0.2, 0.25) is 10.0 Å². The Morgan fingerprint density at radius 2 is 1.76 bits per heavy atom. The van der Waals surface area contributed by atoms with Crippen molar-refractivity contribution < 1.29 is 36.5 Å². The number of ether oxygens (including phenoxy) is 1. The number of hydrogen-bond donors (Lipinski definition) is 3. The average molecular weight is 442 g/mol. The maximum Gasteiger partial charge on any atom is 0.573 e. The molecule has 0 spiro atoms. The zero-order valence-corrected chi connectivity index (χ0v) is 14.6. The Morgan fingerprint density at radius 1 is 1.08 bits per heavy atom. The first-order valence-electron chi connectivity index (χ1n) is 6.54. The molecule has 0 aliphatic heterocycles. The lowest BCUT2D eigenvalue weighted by molar-refractivity contribution is -0.274. The van der Waals surface area contributed by atoms with Crippen LogP contribution in [0.5, 0.6) is 17.2 Å². The van der Waals surface area contributed by atoms with Crippen molar-refractivity contribution in [3.8, 4) is 17.2 Å². The monoisotopic (exact) mass is 441 g/mol. The molecule has 0 saturated carbocycles. The summed E-state index contributed by atoms with van der Waals surface area (Å²) < 4.78 is 66.8. The molecule has 0 unspecified atom stereocenters. The summed E-state index contributed by atoms with van der Waals surface area (Å²) in [7, 11) is -4.03. The first kappa shape index (κ1) is 19.3. The highest BCUT2D eigenvalue weighted by atomic mass is 79.9. The summed E-state index contributed by atoms with van der Waals surface area (Å²) in [5, 5.41) is 18.6. The van der Waals surface area contributed by atoms with E-state index >= 15 is 0 Å². The molecule has 2 aromatic rings. The number of phenolic OH excluding ortho intramolecular Hbond substituents is 2. The van der Waals surface area contributed by atoms with Crippen LogP contribution in [0.2, 0.25) is 0 Å². The summed E-state index contributed by atoms with van der Waals surface area (Å²) in [5.41, 5.74) is 0.370. The van der Waals surface area contributed by atoms with E-state index in [1.165, 1.54) is 18.2 Å². The van der Waals surface area contributed by atoms with Gasteiger partial charge in [0, 0.05) is 6.54 Å². The second-order valence-electron chi connectivity index (χ2n) is 4.79. The zero-order chi connectivity index (χ0) is 18.8. The van der Waals surface area contributed by atoms with E-state index in [1.54, 1.807) is 0 Å². The molecular formula is C14H11BrF3NO5S. The molecule has 2 rings (SSSR count). The third-order valence-electron chi connectivity index (χ3n) is 2.95. The molecule has 0 heterocycles. The van der Waals surface area contributed by atoms with E-state index in [1.807, 2.05) is 0 Å². The fourth-order valence-electron chi connectivity index (χ4n) is 1.80. The van der Waals surface area contributed by atoms with Crippen molar-refractivity contribution in [2.75, 3.05) is 0 Å². The maximum absolute atomic E-state index is 12.2. The molecule has 3 N–H and O–H groups in total. The largest absolute Gasteiger partial charge is 0.573 e. The first-order chi connectivity index (χ1) is 11.5. The molecule has 0 amide bonds. The lowest BCUT2D eigenvalue weighted by Crippen LogP contribution is -2.23. The third-order valence-corrected chi connectivity index (χ3v) is 4.96. The van der Waals surface area contributed by atoms with Crippen molar-refractivity contribution in [2.45, 2.75) is 17.8 Å². The van der Waals surface area contributed by atoms with Gasteiger partial charge in [-0.05, 0) is 51.8 Å². The van der Waals surface area contributed by atoms with Crippen LogP contribution in [-0.2, 0) is 16.6 Å². The Balaban J connectivity index is 2.16. The third kappa shape index (κ3) is 5.25. The molecule has 6 nitrogen and oxygen atoms in total. The molecule has 0 aliphatic rings. The molecule has 0 atom stereocenters. The number of aromatic hydroxyl groups is 2. The highest BCUT2D eigenvalue weighted by molar-refractivity contribution is 9.10. The Kier molecular flexibility index (Phi) is 5.49. The van der Waals surface area contributed by atoms with Crippen LogP contribution in [-0.4, -0.2) is 25.0 Å². The van der Waals surface area contributed by atoms with Crippen LogP contribution in [0.15, 0.2) is 45.8 Å². The molecule has 2 aromatic carbocycles. The minimum Gasteiger partial charge on any atom is -0.504 e. The van der Waals surface area contributed by atoms with Gasteiger partial charge in [-0.1, -0.05) is 6.07 Å². The van der Waals surface area contributed by atoms with Crippen LogP contribution >= 0.6 is 15.9 Å². The molecule has 25 heavy (non-hydrogen) atoms.